The van der Waals surface area contributed by atoms with Gasteiger partial charge in [0.1, 0.15) is 17.3 Å². The van der Waals surface area contributed by atoms with E-state index in [0.717, 1.165) is 22.4 Å². The maximum absolute atomic E-state index is 14.7. The number of allylic oxidation sites excluding steroid dienone is 1. The fourth-order valence-corrected chi connectivity index (χ4v) is 7.60. The van der Waals surface area contributed by atoms with Gasteiger partial charge in [0.15, 0.2) is 11.6 Å². The minimum atomic E-state index is -1.39. The molecule has 4 heterocycles. The van der Waals surface area contributed by atoms with E-state index in [1.807, 2.05) is 72.7 Å². The van der Waals surface area contributed by atoms with Gasteiger partial charge in [0.25, 0.3) is 0 Å². The number of anilines is 2. The summed E-state index contributed by atoms with van der Waals surface area (Å²) in [6.45, 7) is 4.02. The molecule has 5 nitrogen and oxygen atoms in total. The van der Waals surface area contributed by atoms with Crippen LogP contribution in [0.4, 0.5) is 15.8 Å². The average molecular weight is 549 g/mol. The molecule has 0 unspecified atom stereocenters. The molecule has 7 rings (SSSR count). The largest absolute Gasteiger partial charge is 0.352 e. The Hall–Kier alpha value is -4.36. The molecule has 3 aliphatic heterocycles. The third kappa shape index (κ3) is 3.27. The number of aryl methyl sites for hydroxylation is 1. The van der Waals surface area contributed by atoms with Gasteiger partial charge in [-0.2, -0.15) is 0 Å². The summed E-state index contributed by atoms with van der Waals surface area (Å²) >= 11 is 1.32. The number of nitrogens with zero attached hydrogens (tertiary/aromatic N) is 1. The molecule has 0 radical (unpaired) electrons. The maximum Gasteiger partial charge on any atom is 0.238 e. The lowest BCUT2D eigenvalue weighted by atomic mass is 9.64. The Labute approximate surface area is 235 Å². The summed E-state index contributed by atoms with van der Waals surface area (Å²) in [7, 11) is 0. The summed E-state index contributed by atoms with van der Waals surface area (Å²) in [5.74, 6) is -2.43. The topological polar surface area (TPSA) is 66.5 Å². The predicted molar refractivity (Wildman–Crippen MR) is 155 cm³/mol. The average Bonchev–Trinajstić information content (AvgIpc) is 3.66. The summed E-state index contributed by atoms with van der Waals surface area (Å²) in [6.07, 6.45) is 2.04. The number of ketones is 2. The summed E-state index contributed by atoms with van der Waals surface area (Å²) in [6, 6.07) is 20.8. The SMILES string of the molecule is CC1=C[C@H]2N(c3ccc(C)cc31)[C@H](C(=O)c1cccs1)[C@H](C(=O)c1ccc(F)cc1)[C@]21C(=O)Nc2ccccc21. The second-order valence-electron chi connectivity index (χ2n) is 10.7. The fraction of sp³-hybridized carbons (Fsp3) is 0.182. The van der Waals surface area contributed by atoms with E-state index in [1.54, 1.807) is 6.07 Å². The molecule has 1 saturated heterocycles. The summed E-state index contributed by atoms with van der Waals surface area (Å²) < 4.78 is 13.9. The number of fused-ring (bicyclic) bond motifs is 6. The number of para-hydroxylation sites is 1. The van der Waals surface area contributed by atoms with Crippen molar-refractivity contribution in [2.24, 2.45) is 5.92 Å². The van der Waals surface area contributed by atoms with Crippen molar-refractivity contribution in [3.8, 4) is 0 Å². The van der Waals surface area contributed by atoms with Crippen molar-refractivity contribution in [2.75, 3.05) is 10.2 Å². The highest BCUT2D eigenvalue weighted by molar-refractivity contribution is 7.12. The second-order valence-corrected chi connectivity index (χ2v) is 11.7. The van der Waals surface area contributed by atoms with Crippen LogP contribution in [0.25, 0.3) is 5.57 Å². The third-order valence-electron chi connectivity index (χ3n) is 8.58. The van der Waals surface area contributed by atoms with Crippen LogP contribution < -0.4 is 10.2 Å². The molecular weight excluding hydrogens is 523 g/mol. The Kier molecular flexibility index (Phi) is 5.44. The number of hydrogen-bond donors (Lipinski definition) is 1. The normalized spacial score (nSPS) is 24.3. The molecule has 7 heteroatoms. The van der Waals surface area contributed by atoms with Crippen molar-refractivity contribution in [2.45, 2.75) is 31.3 Å². The summed E-state index contributed by atoms with van der Waals surface area (Å²) in [5, 5.41) is 4.87. The van der Waals surface area contributed by atoms with Crippen molar-refractivity contribution in [3.05, 3.63) is 123 Å². The van der Waals surface area contributed by atoms with Crippen molar-refractivity contribution < 1.29 is 18.8 Å². The van der Waals surface area contributed by atoms with E-state index in [9.17, 15) is 18.8 Å². The third-order valence-corrected chi connectivity index (χ3v) is 9.46. The highest BCUT2D eigenvalue weighted by atomic mass is 32.1. The van der Waals surface area contributed by atoms with E-state index in [2.05, 4.69) is 11.4 Å². The number of nitrogens with one attached hydrogen (secondary N) is 1. The first-order valence-corrected chi connectivity index (χ1v) is 14.1. The van der Waals surface area contributed by atoms with Gasteiger partial charge in [0.2, 0.25) is 5.91 Å². The van der Waals surface area contributed by atoms with E-state index in [4.69, 9.17) is 0 Å². The Bertz CT molecular complexity index is 1740. The van der Waals surface area contributed by atoms with Gasteiger partial charge in [0.05, 0.1) is 16.8 Å². The number of halogens is 1. The van der Waals surface area contributed by atoms with Gasteiger partial charge in [-0.05, 0) is 78.9 Å². The van der Waals surface area contributed by atoms with Crippen LogP contribution in [0.3, 0.4) is 0 Å². The number of carbonyl (C=O) groups excluding carboxylic acids is 3. The zero-order valence-electron chi connectivity index (χ0n) is 21.9. The molecule has 1 N–H and O–H groups in total. The molecule has 198 valence electrons. The molecule has 1 spiro atoms. The molecule has 3 aliphatic rings. The van der Waals surface area contributed by atoms with Gasteiger partial charge in [-0.25, -0.2) is 4.39 Å². The Morgan fingerprint density at radius 3 is 2.48 bits per heavy atom. The summed E-state index contributed by atoms with van der Waals surface area (Å²) in [4.78, 5) is 46.0. The zero-order valence-corrected chi connectivity index (χ0v) is 22.7. The molecule has 4 aromatic rings. The van der Waals surface area contributed by atoms with Crippen molar-refractivity contribution in [3.63, 3.8) is 0 Å². The quantitative estimate of drug-likeness (QED) is 0.298. The molecule has 40 heavy (non-hydrogen) atoms. The molecule has 0 bridgehead atoms. The highest BCUT2D eigenvalue weighted by Gasteiger charge is 2.70. The molecular formula is C33H25FN2O3S. The van der Waals surface area contributed by atoms with E-state index < -0.39 is 29.2 Å². The van der Waals surface area contributed by atoms with Crippen LogP contribution in [-0.4, -0.2) is 29.6 Å². The van der Waals surface area contributed by atoms with Crippen LogP contribution in [0.2, 0.25) is 0 Å². The van der Waals surface area contributed by atoms with Crippen LogP contribution in [0.5, 0.6) is 0 Å². The number of amides is 1. The molecule has 1 amide bonds. The highest BCUT2D eigenvalue weighted by Crippen LogP contribution is 2.59. The van der Waals surface area contributed by atoms with Crippen LogP contribution in [0, 0.1) is 18.7 Å². The van der Waals surface area contributed by atoms with Crippen molar-refractivity contribution in [1.29, 1.82) is 0 Å². The fourth-order valence-electron chi connectivity index (χ4n) is 6.90. The molecule has 3 aromatic carbocycles. The lowest BCUT2D eigenvalue weighted by molar-refractivity contribution is -0.121. The number of carbonyl (C=O) groups is 3. The summed E-state index contributed by atoms with van der Waals surface area (Å²) in [5.41, 5.74) is 4.04. The van der Waals surface area contributed by atoms with Gasteiger partial charge < -0.3 is 10.2 Å². The van der Waals surface area contributed by atoms with Crippen LogP contribution in [-0.2, 0) is 10.2 Å². The first-order valence-electron chi connectivity index (χ1n) is 13.2. The van der Waals surface area contributed by atoms with Crippen molar-refractivity contribution >= 4 is 45.8 Å². The first kappa shape index (κ1) is 24.7. The van der Waals surface area contributed by atoms with Crippen LogP contribution in [0.15, 0.2) is 90.3 Å². The Morgan fingerprint density at radius 2 is 1.73 bits per heavy atom. The van der Waals surface area contributed by atoms with Gasteiger partial charge in [-0.3, -0.25) is 14.4 Å². The van der Waals surface area contributed by atoms with Crippen molar-refractivity contribution in [1.82, 2.24) is 0 Å². The van der Waals surface area contributed by atoms with Gasteiger partial charge >= 0.3 is 0 Å². The molecule has 4 atom stereocenters. The lowest BCUT2D eigenvalue weighted by Gasteiger charge is -2.39. The number of rotatable bonds is 4. The first-order chi connectivity index (χ1) is 19.3. The second kappa shape index (κ2) is 8.83. The molecule has 0 saturated carbocycles. The van der Waals surface area contributed by atoms with E-state index in [-0.39, 0.29) is 23.0 Å². The van der Waals surface area contributed by atoms with E-state index in [0.29, 0.717) is 16.1 Å². The van der Waals surface area contributed by atoms with Gasteiger partial charge in [-0.1, -0.05) is 42.0 Å². The molecule has 0 aliphatic carbocycles. The van der Waals surface area contributed by atoms with E-state index in [1.165, 1.54) is 35.6 Å². The molecule has 1 fully saturated rings. The zero-order chi connectivity index (χ0) is 27.8. The Morgan fingerprint density at radius 1 is 0.950 bits per heavy atom. The monoisotopic (exact) mass is 548 g/mol. The van der Waals surface area contributed by atoms with Crippen LogP contribution in [0.1, 0.15) is 43.6 Å². The maximum atomic E-state index is 14.7. The number of thiophene rings is 1. The number of Topliss-reactive ketones (excluding diaryl/α,β-unsaturated/α-hetero) is 2. The smallest absolute Gasteiger partial charge is 0.238 e. The standard InChI is InChI=1S/C33H25FN2O3S/c1-18-9-14-25-22(16-18)19(2)17-27-33(23-6-3-4-7-24(23)35-32(33)39)28(30(37)20-10-12-21(34)13-11-20)29(36(25)27)31(38)26-8-5-15-40-26/h3-17,27-29H,1-2H3,(H,35,39)/t27-,28-,29+,33-/m1/s1. The number of benzene rings is 3. The predicted octanol–water partition coefficient (Wildman–Crippen LogP) is 6.44. The van der Waals surface area contributed by atoms with Crippen LogP contribution >= 0.6 is 11.3 Å². The minimum absolute atomic E-state index is 0.214. The minimum Gasteiger partial charge on any atom is -0.352 e. The van der Waals surface area contributed by atoms with Gasteiger partial charge in [-0.15, -0.1) is 11.3 Å². The van der Waals surface area contributed by atoms with E-state index >= 15 is 0 Å². The molecule has 1 aromatic heterocycles. The van der Waals surface area contributed by atoms with Gasteiger partial charge in [0, 0.05) is 22.5 Å². The number of hydrogen-bond acceptors (Lipinski definition) is 5. The lowest BCUT2D eigenvalue weighted by Crippen LogP contribution is -2.51. The Balaban J connectivity index is 1.56.